The lowest BCUT2D eigenvalue weighted by Gasteiger charge is -2.27. The van der Waals surface area contributed by atoms with Crippen molar-refractivity contribution in [3.8, 4) is 0 Å². The third-order valence-electron chi connectivity index (χ3n) is 5.29. The molecule has 2 aliphatic rings. The molecule has 33 heavy (non-hydrogen) atoms. The molecule has 10 nitrogen and oxygen atoms in total. The molecule has 0 spiro atoms. The molecule has 1 atom stereocenters. The van der Waals surface area contributed by atoms with Gasteiger partial charge in [-0.25, -0.2) is 18.2 Å². The Morgan fingerprint density at radius 1 is 0.909 bits per heavy atom. The van der Waals surface area contributed by atoms with Crippen LogP contribution in [0.3, 0.4) is 0 Å². The number of carbonyl (C=O) groups excluding carboxylic acids is 3. The molecule has 2 aromatic carbocycles. The van der Waals surface area contributed by atoms with Crippen LogP contribution in [0.1, 0.15) is 19.3 Å². The third kappa shape index (κ3) is 5.75. The van der Waals surface area contributed by atoms with E-state index in [-0.39, 0.29) is 36.0 Å². The van der Waals surface area contributed by atoms with Gasteiger partial charge in [0.2, 0.25) is 5.91 Å². The summed E-state index contributed by atoms with van der Waals surface area (Å²) in [7, 11) is -3.19. The summed E-state index contributed by atoms with van der Waals surface area (Å²) in [6.45, 7) is 0. The van der Waals surface area contributed by atoms with Gasteiger partial charge < -0.3 is 16.0 Å². The average molecular weight is 470 g/mol. The minimum absolute atomic E-state index is 0.0101. The molecule has 0 saturated carbocycles. The van der Waals surface area contributed by atoms with Crippen LogP contribution in [0.4, 0.5) is 21.9 Å². The Bertz CT molecular complexity index is 1210. The van der Waals surface area contributed by atoms with Crippen molar-refractivity contribution < 1.29 is 22.8 Å². The maximum atomic E-state index is 12.7. The van der Waals surface area contributed by atoms with Crippen molar-refractivity contribution in [3.05, 3.63) is 54.6 Å². The van der Waals surface area contributed by atoms with Crippen molar-refractivity contribution in [2.75, 3.05) is 27.5 Å². The summed E-state index contributed by atoms with van der Waals surface area (Å²) in [5, 5.41) is 13.4. The Hall–Kier alpha value is -3.73. The van der Waals surface area contributed by atoms with E-state index in [1.54, 1.807) is 48.5 Å². The van der Waals surface area contributed by atoms with E-state index in [2.05, 4.69) is 21.1 Å². The van der Waals surface area contributed by atoms with Gasteiger partial charge in [-0.3, -0.25) is 9.59 Å². The first-order chi connectivity index (χ1) is 15.8. The third-order valence-corrected chi connectivity index (χ3v) is 7.04. The normalized spacial score (nSPS) is 19.5. The topological polar surface area (TPSA) is 137 Å². The van der Waals surface area contributed by atoms with E-state index in [0.29, 0.717) is 23.5 Å². The van der Waals surface area contributed by atoms with Crippen molar-refractivity contribution in [1.82, 2.24) is 5.01 Å². The zero-order chi connectivity index (χ0) is 23.4. The molecule has 0 radical (unpaired) electrons. The molecule has 172 valence electrons. The highest BCUT2D eigenvalue weighted by Gasteiger charge is 2.37. The maximum Gasteiger partial charge on any atom is 0.323 e. The fourth-order valence-electron chi connectivity index (χ4n) is 3.68. The molecular weight excluding hydrogens is 446 g/mol. The van der Waals surface area contributed by atoms with E-state index < -0.39 is 27.8 Å². The van der Waals surface area contributed by atoms with Crippen LogP contribution in [-0.2, 0) is 19.4 Å². The number of nitrogens with one attached hydrogen (secondary N) is 3. The molecular formula is C22H23N5O5S. The number of sulfone groups is 1. The second-order valence-corrected chi connectivity index (χ2v) is 10.1. The number of amides is 4. The monoisotopic (exact) mass is 469 g/mol. The molecule has 0 bridgehead atoms. The second-order valence-electron chi connectivity index (χ2n) is 7.82. The minimum atomic E-state index is -3.19. The number of hydrogen-bond acceptors (Lipinski definition) is 6. The molecule has 3 N–H and O–H groups in total. The lowest BCUT2D eigenvalue weighted by Crippen LogP contribution is -2.42. The van der Waals surface area contributed by atoms with Gasteiger partial charge in [0.25, 0.3) is 5.91 Å². The van der Waals surface area contributed by atoms with Crippen molar-refractivity contribution >= 4 is 50.5 Å². The van der Waals surface area contributed by atoms with Crippen LogP contribution in [0.15, 0.2) is 59.7 Å². The van der Waals surface area contributed by atoms with Crippen LogP contribution in [-0.4, -0.2) is 54.5 Å². The van der Waals surface area contributed by atoms with Gasteiger partial charge in [0.1, 0.15) is 5.71 Å². The highest BCUT2D eigenvalue weighted by Crippen LogP contribution is 2.23. The summed E-state index contributed by atoms with van der Waals surface area (Å²) in [6.07, 6.45) is 0.563. The second kappa shape index (κ2) is 9.41. The number of para-hydroxylation sites is 1. The standard InChI is InChI=1S/C22H23N5O5S/c28-20-10-9-19(26-27(20)18-11-12-33(31,32)14-18)21(29)23-16-7-4-8-17(13-16)25-22(30)24-15-5-2-1-3-6-15/h1-8,13,18H,9-12,14H2,(H,23,29)(H2,24,25,30)/t18-/m1/s1. The highest BCUT2D eigenvalue weighted by atomic mass is 32.2. The summed E-state index contributed by atoms with van der Waals surface area (Å²) in [4.78, 5) is 37.2. The number of carbonyl (C=O) groups is 3. The molecule has 0 aliphatic carbocycles. The summed E-state index contributed by atoms with van der Waals surface area (Å²) < 4.78 is 23.5. The summed E-state index contributed by atoms with van der Waals surface area (Å²) in [5.74, 6) is -0.907. The zero-order valence-electron chi connectivity index (χ0n) is 17.7. The minimum Gasteiger partial charge on any atom is -0.321 e. The van der Waals surface area contributed by atoms with Gasteiger partial charge in [-0.1, -0.05) is 24.3 Å². The fraction of sp³-hybridized carbons (Fsp3) is 0.273. The van der Waals surface area contributed by atoms with Crippen molar-refractivity contribution in [2.45, 2.75) is 25.3 Å². The number of hydrazone groups is 1. The van der Waals surface area contributed by atoms with Gasteiger partial charge in [-0.15, -0.1) is 0 Å². The Balaban J connectivity index is 1.40. The lowest BCUT2D eigenvalue weighted by atomic mass is 10.1. The van der Waals surface area contributed by atoms with Gasteiger partial charge in [0, 0.05) is 29.9 Å². The van der Waals surface area contributed by atoms with Gasteiger partial charge >= 0.3 is 6.03 Å². The molecule has 0 unspecified atom stereocenters. The number of benzene rings is 2. The van der Waals surface area contributed by atoms with Crippen molar-refractivity contribution in [2.24, 2.45) is 5.10 Å². The van der Waals surface area contributed by atoms with Crippen LogP contribution in [0.25, 0.3) is 0 Å². The van der Waals surface area contributed by atoms with Crippen molar-refractivity contribution in [1.29, 1.82) is 0 Å². The van der Waals surface area contributed by atoms with Crippen LogP contribution in [0.2, 0.25) is 0 Å². The summed E-state index contributed by atoms with van der Waals surface area (Å²) >= 11 is 0. The number of hydrogen-bond donors (Lipinski definition) is 3. The summed E-state index contributed by atoms with van der Waals surface area (Å²) in [5.41, 5.74) is 1.70. The smallest absolute Gasteiger partial charge is 0.321 e. The lowest BCUT2D eigenvalue weighted by molar-refractivity contribution is -0.133. The van der Waals surface area contributed by atoms with E-state index in [1.165, 1.54) is 0 Å². The van der Waals surface area contributed by atoms with Crippen molar-refractivity contribution in [3.63, 3.8) is 0 Å². The predicted octanol–water partition coefficient (Wildman–Crippen LogP) is 2.43. The number of rotatable bonds is 5. The van der Waals surface area contributed by atoms with E-state index in [0.717, 1.165) is 5.01 Å². The van der Waals surface area contributed by atoms with E-state index in [1.807, 2.05) is 6.07 Å². The molecule has 1 saturated heterocycles. The van der Waals surface area contributed by atoms with Crippen LogP contribution in [0.5, 0.6) is 0 Å². The fourth-order valence-corrected chi connectivity index (χ4v) is 5.37. The first-order valence-electron chi connectivity index (χ1n) is 10.4. The molecule has 2 heterocycles. The van der Waals surface area contributed by atoms with Gasteiger partial charge in [0.05, 0.1) is 17.5 Å². The van der Waals surface area contributed by atoms with Gasteiger partial charge in [0.15, 0.2) is 9.84 Å². The first-order valence-corrected chi connectivity index (χ1v) is 12.3. The number of urea groups is 1. The van der Waals surface area contributed by atoms with Crippen LogP contribution in [0, 0.1) is 0 Å². The maximum absolute atomic E-state index is 12.7. The Kier molecular flexibility index (Phi) is 6.40. The summed E-state index contributed by atoms with van der Waals surface area (Å²) in [6, 6.07) is 14.6. The van der Waals surface area contributed by atoms with Crippen LogP contribution >= 0.6 is 0 Å². The van der Waals surface area contributed by atoms with Gasteiger partial charge in [-0.2, -0.15) is 5.10 Å². The quantitative estimate of drug-likeness (QED) is 0.618. The van der Waals surface area contributed by atoms with E-state index in [4.69, 9.17) is 0 Å². The van der Waals surface area contributed by atoms with Crippen LogP contribution < -0.4 is 16.0 Å². The molecule has 2 aromatic rings. The predicted molar refractivity (Wildman–Crippen MR) is 125 cm³/mol. The Labute approximate surface area is 191 Å². The first kappa shape index (κ1) is 22.5. The molecule has 1 fully saturated rings. The van der Waals surface area contributed by atoms with E-state index in [9.17, 15) is 22.8 Å². The Morgan fingerprint density at radius 3 is 2.27 bits per heavy atom. The number of nitrogens with zero attached hydrogens (tertiary/aromatic N) is 2. The molecule has 4 amide bonds. The molecule has 2 aliphatic heterocycles. The number of anilines is 3. The molecule has 11 heteroatoms. The SMILES string of the molecule is O=C(Nc1ccccc1)Nc1cccc(NC(=O)C2=NN([C@@H]3CCS(=O)(=O)C3)C(=O)CC2)c1. The van der Waals surface area contributed by atoms with E-state index >= 15 is 0 Å². The average Bonchev–Trinajstić information content (AvgIpc) is 3.14. The largest absolute Gasteiger partial charge is 0.323 e. The molecule has 4 rings (SSSR count). The Morgan fingerprint density at radius 2 is 1.58 bits per heavy atom. The van der Waals surface area contributed by atoms with Gasteiger partial charge in [-0.05, 0) is 36.8 Å². The molecule has 0 aromatic heterocycles. The highest BCUT2D eigenvalue weighted by molar-refractivity contribution is 7.91. The zero-order valence-corrected chi connectivity index (χ0v) is 18.5.